The quantitative estimate of drug-likeness (QED) is 0.0984. The van der Waals surface area contributed by atoms with Crippen molar-refractivity contribution in [3.63, 3.8) is 0 Å². The maximum atomic E-state index is 14.3. The molecule has 2 aliphatic heterocycles. The number of amides is 3. The van der Waals surface area contributed by atoms with Crippen LogP contribution < -0.4 is 5.32 Å². The molecular weight excluding hydrogens is 805 g/mol. The van der Waals surface area contributed by atoms with Gasteiger partial charge in [-0.2, -0.15) is 0 Å². The van der Waals surface area contributed by atoms with Crippen LogP contribution in [0.3, 0.4) is 0 Å². The van der Waals surface area contributed by atoms with Gasteiger partial charge in [-0.25, -0.2) is 14.8 Å². The van der Waals surface area contributed by atoms with Crippen molar-refractivity contribution in [2.24, 2.45) is 5.92 Å². The monoisotopic (exact) mass is 864 g/mol. The fourth-order valence-electron chi connectivity index (χ4n) is 9.74. The van der Waals surface area contributed by atoms with Crippen LogP contribution in [0, 0.1) is 5.92 Å². The lowest BCUT2D eigenvalue weighted by molar-refractivity contribution is -0.138. The lowest BCUT2D eigenvalue weighted by Crippen LogP contribution is -2.52. The maximum absolute atomic E-state index is 14.3. The average Bonchev–Trinajstić information content (AvgIpc) is 4.14. The Bertz CT molecular complexity index is 2570. The maximum Gasteiger partial charge on any atom is 0.407 e. The van der Waals surface area contributed by atoms with E-state index in [-0.39, 0.29) is 35.9 Å². The summed E-state index contributed by atoms with van der Waals surface area (Å²) in [7, 11) is -0.468. The summed E-state index contributed by atoms with van der Waals surface area (Å²) in [6, 6.07) is 31.0. The summed E-state index contributed by atoms with van der Waals surface area (Å²) in [4.78, 5) is 63.7. The van der Waals surface area contributed by atoms with E-state index in [1.54, 1.807) is 0 Å². The predicted octanol–water partition coefficient (Wildman–Crippen LogP) is 9.55. The third-order valence-electron chi connectivity index (χ3n) is 13.0. The minimum absolute atomic E-state index is 0.107. The first kappa shape index (κ1) is 43.6. The van der Waals surface area contributed by atoms with Crippen molar-refractivity contribution >= 4 is 36.8 Å². The number of carbonyl (C=O) groups excluding carboxylic acids is 3. The van der Waals surface area contributed by atoms with Crippen LogP contribution in [-0.4, -0.2) is 99.6 Å². The molecule has 2 aliphatic rings. The molecule has 0 aliphatic carbocycles. The van der Waals surface area contributed by atoms with Gasteiger partial charge in [-0.05, 0) is 70.9 Å². The number of carbonyl (C=O) groups is 3. The Balaban J connectivity index is 1.02. The van der Waals surface area contributed by atoms with E-state index in [0.29, 0.717) is 12.7 Å². The molecule has 3 N–H and O–H groups in total. The molecule has 0 unspecified atom stereocenters. The van der Waals surface area contributed by atoms with Crippen molar-refractivity contribution in [3.05, 3.63) is 121 Å². The largest absolute Gasteiger partial charge is 0.453 e. The van der Waals surface area contributed by atoms with Crippen molar-refractivity contribution in [2.75, 3.05) is 32.9 Å². The molecule has 63 heavy (non-hydrogen) atoms. The number of nitrogens with one attached hydrogen (secondary N) is 3. The number of aromatic amines is 2. The Hall–Kier alpha value is -6.05. The number of aromatic nitrogens is 4. The highest BCUT2D eigenvalue weighted by molar-refractivity contribution is 6.78. The highest BCUT2D eigenvalue weighted by Crippen LogP contribution is 2.41. The van der Waals surface area contributed by atoms with E-state index in [9.17, 15) is 14.4 Å². The molecule has 4 atom stereocenters. The summed E-state index contributed by atoms with van der Waals surface area (Å²) in [5, 5.41) is 4.98. The number of hydrogen-bond acceptors (Lipinski definition) is 7. The molecule has 4 aromatic carbocycles. The molecular formula is C50H60N8O4Si. The first-order valence-corrected chi connectivity index (χ1v) is 25.8. The number of methoxy groups -OCH3 is 1. The van der Waals surface area contributed by atoms with Gasteiger partial charge in [0, 0.05) is 18.3 Å². The number of hydrogen-bond donors (Lipinski definition) is 3. The zero-order chi connectivity index (χ0) is 44.4. The topological polar surface area (TPSA) is 140 Å². The Morgan fingerprint density at radius 3 is 2.05 bits per heavy atom. The summed E-state index contributed by atoms with van der Waals surface area (Å²) in [6.45, 7) is 15.0. The molecule has 2 fully saturated rings. The van der Waals surface area contributed by atoms with Gasteiger partial charge in [-0.3, -0.25) is 14.5 Å². The van der Waals surface area contributed by atoms with E-state index in [4.69, 9.17) is 14.7 Å². The average molecular weight is 865 g/mol. The normalized spacial score (nSPS) is 18.3. The van der Waals surface area contributed by atoms with E-state index in [1.807, 2.05) is 54.2 Å². The third kappa shape index (κ3) is 8.81. The number of likely N-dealkylation sites (tertiary alicyclic amines) is 1. The predicted molar refractivity (Wildman–Crippen MR) is 251 cm³/mol. The Kier molecular flexibility index (Phi) is 12.7. The van der Waals surface area contributed by atoms with Gasteiger partial charge in [0.1, 0.15) is 23.7 Å². The van der Waals surface area contributed by atoms with Gasteiger partial charge in [0.15, 0.2) is 0 Å². The smallest absolute Gasteiger partial charge is 0.407 e. The molecule has 6 aromatic rings. The van der Waals surface area contributed by atoms with Crippen molar-refractivity contribution < 1.29 is 19.1 Å². The van der Waals surface area contributed by atoms with E-state index in [0.717, 1.165) is 93.6 Å². The van der Waals surface area contributed by atoms with Crippen molar-refractivity contribution in [3.8, 4) is 33.6 Å². The lowest BCUT2D eigenvalue weighted by Gasteiger charge is -2.34. The van der Waals surface area contributed by atoms with Crippen LogP contribution in [0.2, 0.25) is 19.1 Å². The van der Waals surface area contributed by atoms with E-state index in [1.165, 1.54) is 7.11 Å². The number of H-pyrrole nitrogens is 2. The molecule has 0 radical (unpaired) electrons. The number of rotatable bonds is 13. The van der Waals surface area contributed by atoms with E-state index < -0.39 is 20.2 Å². The molecule has 0 bridgehead atoms. The van der Waals surface area contributed by atoms with Crippen molar-refractivity contribution in [2.45, 2.75) is 83.8 Å². The van der Waals surface area contributed by atoms with Gasteiger partial charge in [0.05, 0.1) is 51.0 Å². The van der Waals surface area contributed by atoms with Crippen molar-refractivity contribution in [1.29, 1.82) is 0 Å². The number of ether oxygens (including phenoxy) is 1. The summed E-state index contributed by atoms with van der Waals surface area (Å²) in [6.07, 6.45) is 5.64. The zero-order valence-corrected chi connectivity index (χ0v) is 38.5. The minimum atomic E-state index is -1.78. The first-order chi connectivity index (χ1) is 30.4. The fraction of sp³-hybridized carbons (Fsp3) is 0.380. The Labute approximate surface area is 371 Å². The van der Waals surface area contributed by atoms with Gasteiger partial charge in [-0.15, -0.1) is 0 Å². The second kappa shape index (κ2) is 18.3. The molecule has 8 rings (SSSR count). The van der Waals surface area contributed by atoms with Crippen LogP contribution in [0.25, 0.3) is 44.4 Å². The third-order valence-corrected chi connectivity index (χ3v) is 15.7. The SMILES string of the molecule is CCN(CC)[C@@H](C(=O)N1CCC[C@H]1c1ncc(-c2ccc(-c3ccc(-c4cnc([C@@H]5C[Si](C)(C)CN5C(=O)[C@@H](NC(=O)OC)C(C)C)[nH]4)c4ccccc34)cc2)[nH]1)c1ccccc1. The van der Waals surface area contributed by atoms with Crippen molar-refractivity contribution in [1.82, 2.24) is 40.0 Å². The molecule has 328 valence electrons. The highest BCUT2D eigenvalue weighted by atomic mass is 28.3. The second-order valence-electron chi connectivity index (χ2n) is 18.1. The van der Waals surface area contributed by atoms with E-state index >= 15 is 0 Å². The van der Waals surface area contributed by atoms with Crippen LogP contribution in [-0.2, 0) is 14.3 Å². The summed E-state index contributed by atoms with van der Waals surface area (Å²) < 4.78 is 4.85. The zero-order valence-electron chi connectivity index (χ0n) is 37.5. The standard InChI is InChI=1S/C50H60N8O4Si/c1-8-56(9-2)45(35-16-11-10-12-17-35)49(60)57-27-15-20-42(57)46-51-28-40(53-46)34-23-21-33(22-24-34)36-25-26-39(38-19-14-13-18-37(36)38)41-29-52-47(54-41)43-30-63(6,7)31-58(43)48(59)44(32(3)4)55-50(61)62-5/h10-14,16-19,21-26,28-29,32,42-45H,8-9,15,20,27,30-31H2,1-7H3,(H,51,53)(H,52,54)(H,55,61)/t42-,43-,44-,45+/m0/s1. The van der Waals surface area contributed by atoms with E-state index in [2.05, 4.69) is 120 Å². The Morgan fingerprint density at radius 1 is 0.778 bits per heavy atom. The first-order valence-electron chi connectivity index (χ1n) is 22.4. The fourth-order valence-corrected chi connectivity index (χ4v) is 12.6. The molecule has 0 spiro atoms. The van der Waals surface area contributed by atoms with Crippen LogP contribution >= 0.6 is 0 Å². The number of fused-ring (bicyclic) bond motifs is 1. The van der Waals surface area contributed by atoms with Gasteiger partial charge >= 0.3 is 6.09 Å². The summed E-state index contributed by atoms with van der Waals surface area (Å²) >= 11 is 0. The molecule has 2 aromatic heterocycles. The number of likely N-dealkylation sites (N-methyl/N-ethyl adjacent to an activating group) is 1. The van der Waals surface area contributed by atoms with Gasteiger partial charge in [0.2, 0.25) is 11.8 Å². The lowest BCUT2D eigenvalue weighted by atomic mass is 9.93. The molecule has 0 saturated carbocycles. The number of alkyl carbamates (subject to hydrolysis) is 1. The minimum Gasteiger partial charge on any atom is -0.453 e. The van der Waals surface area contributed by atoms with Crippen LogP contribution in [0.15, 0.2) is 103 Å². The molecule has 12 nitrogen and oxygen atoms in total. The number of imidazole rings is 2. The second-order valence-corrected chi connectivity index (χ2v) is 23.1. The molecule has 3 amide bonds. The van der Waals surface area contributed by atoms with Crippen LogP contribution in [0.4, 0.5) is 4.79 Å². The number of benzene rings is 4. The van der Waals surface area contributed by atoms with Crippen LogP contribution in [0.5, 0.6) is 0 Å². The van der Waals surface area contributed by atoms with Gasteiger partial charge < -0.3 is 29.8 Å². The molecule has 4 heterocycles. The van der Waals surface area contributed by atoms with Crippen LogP contribution in [0.1, 0.15) is 75.9 Å². The Morgan fingerprint density at radius 2 is 1.38 bits per heavy atom. The summed E-state index contributed by atoms with van der Waals surface area (Å²) in [5.41, 5.74) is 7.09. The van der Waals surface area contributed by atoms with Gasteiger partial charge in [-0.1, -0.05) is 132 Å². The number of nitrogens with zero attached hydrogens (tertiary/aromatic N) is 5. The van der Waals surface area contributed by atoms with Gasteiger partial charge in [0.25, 0.3) is 0 Å². The molecule has 2 saturated heterocycles. The molecule has 13 heteroatoms. The summed E-state index contributed by atoms with van der Waals surface area (Å²) in [5.74, 6) is 1.48. The highest BCUT2D eigenvalue weighted by Gasteiger charge is 2.46.